The van der Waals surface area contributed by atoms with Gasteiger partial charge in [-0.05, 0) is 20.8 Å². The molecule has 8 nitrogen and oxygen atoms in total. The first-order chi connectivity index (χ1) is 9.84. The van der Waals surface area contributed by atoms with Gasteiger partial charge in [0, 0.05) is 0 Å². The van der Waals surface area contributed by atoms with Crippen molar-refractivity contribution in [1.82, 2.24) is 0 Å². The number of carbonyl (C=O) groups excluding carboxylic acids is 2. The summed E-state index contributed by atoms with van der Waals surface area (Å²) < 4.78 is 19.9. The molecule has 0 aliphatic carbocycles. The van der Waals surface area contributed by atoms with Gasteiger partial charge in [0.25, 0.3) is 0 Å². The zero-order valence-electron chi connectivity index (χ0n) is 12.6. The highest BCUT2D eigenvalue weighted by Gasteiger charge is 2.11. The van der Waals surface area contributed by atoms with Gasteiger partial charge < -0.3 is 29.2 Å². The molecule has 0 heterocycles. The Kier molecular flexibility index (Phi) is 10.8. The fraction of sp³-hybridized carbons (Fsp3) is 0.846. The summed E-state index contributed by atoms with van der Waals surface area (Å²) in [4.78, 5) is 21.8. The van der Waals surface area contributed by atoms with Crippen LogP contribution in [-0.2, 0) is 28.5 Å². The van der Waals surface area contributed by atoms with Crippen molar-refractivity contribution in [2.24, 2.45) is 0 Å². The molecule has 3 unspecified atom stereocenters. The van der Waals surface area contributed by atoms with Crippen molar-refractivity contribution < 1.29 is 38.7 Å². The van der Waals surface area contributed by atoms with E-state index in [1.165, 1.54) is 13.8 Å². The monoisotopic (exact) mass is 308 g/mol. The number of esters is 2. The van der Waals surface area contributed by atoms with E-state index in [0.717, 1.165) is 0 Å². The second-order valence-electron chi connectivity index (χ2n) is 4.44. The average molecular weight is 308 g/mol. The van der Waals surface area contributed by atoms with Crippen LogP contribution in [0.3, 0.4) is 0 Å². The maximum Gasteiger partial charge on any atom is 0.334 e. The van der Waals surface area contributed by atoms with Crippen LogP contribution in [0.5, 0.6) is 0 Å². The van der Waals surface area contributed by atoms with Crippen molar-refractivity contribution in [3.05, 3.63) is 0 Å². The number of aliphatic hydroxyl groups is 2. The summed E-state index contributed by atoms with van der Waals surface area (Å²) in [5.41, 5.74) is 0. The van der Waals surface area contributed by atoms with Crippen LogP contribution in [0.2, 0.25) is 0 Å². The van der Waals surface area contributed by atoms with Gasteiger partial charge in [0.15, 0.2) is 0 Å². The Balaban J connectivity index is 3.45. The Morgan fingerprint density at radius 1 is 0.857 bits per heavy atom. The van der Waals surface area contributed by atoms with Gasteiger partial charge in [0.2, 0.25) is 0 Å². The molecule has 2 N–H and O–H groups in total. The third-order valence-corrected chi connectivity index (χ3v) is 2.24. The molecule has 0 aromatic heterocycles. The second kappa shape index (κ2) is 11.4. The van der Waals surface area contributed by atoms with Gasteiger partial charge >= 0.3 is 11.9 Å². The van der Waals surface area contributed by atoms with E-state index in [4.69, 9.17) is 29.2 Å². The SMILES string of the molecule is CC(COCCOC(=O)C(C)O)OCCOC(=O)C(C)O. The molecular formula is C13H24O8. The number of ether oxygens (including phenoxy) is 4. The van der Waals surface area contributed by atoms with E-state index in [1.54, 1.807) is 6.92 Å². The first-order valence-corrected chi connectivity index (χ1v) is 6.73. The van der Waals surface area contributed by atoms with Crippen LogP contribution in [0.25, 0.3) is 0 Å². The molecule has 0 aromatic carbocycles. The molecule has 0 saturated heterocycles. The topological polar surface area (TPSA) is 112 Å². The Morgan fingerprint density at radius 2 is 1.33 bits per heavy atom. The fourth-order valence-corrected chi connectivity index (χ4v) is 1.13. The lowest BCUT2D eigenvalue weighted by atomic mass is 10.4. The molecule has 0 bridgehead atoms. The van der Waals surface area contributed by atoms with E-state index in [2.05, 4.69) is 0 Å². The lowest BCUT2D eigenvalue weighted by molar-refractivity contribution is -0.156. The van der Waals surface area contributed by atoms with Crippen molar-refractivity contribution in [2.45, 2.75) is 39.1 Å². The summed E-state index contributed by atoms with van der Waals surface area (Å²) in [6, 6.07) is 0. The van der Waals surface area contributed by atoms with Crippen molar-refractivity contribution in [3.8, 4) is 0 Å². The standard InChI is InChI=1S/C13H24O8/c1-9(19-6-7-21-13(17)11(3)15)8-18-4-5-20-12(16)10(2)14/h9-11,14-15H,4-8H2,1-3H3. The first-order valence-electron chi connectivity index (χ1n) is 6.73. The third kappa shape index (κ3) is 11.1. The van der Waals surface area contributed by atoms with E-state index in [1.807, 2.05) is 0 Å². The van der Waals surface area contributed by atoms with E-state index in [0.29, 0.717) is 0 Å². The normalized spacial score (nSPS) is 15.1. The predicted molar refractivity (Wildman–Crippen MR) is 71.5 cm³/mol. The number of carbonyl (C=O) groups is 2. The van der Waals surface area contributed by atoms with Crippen LogP contribution < -0.4 is 0 Å². The molecule has 21 heavy (non-hydrogen) atoms. The van der Waals surface area contributed by atoms with Gasteiger partial charge in [-0.3, -0.25) is 0 Å². The van der Waals surface area contributed by atoms with E-state index in [-0.39, 0.29) is 39.1 Å². The zero-order valence-corrected chi connectivity index (χ0v) is 12.6. The van der Waals surface area contributed by atoms with Crippen LogP contribution in [-0.4, -0.2) is 73.5 Å². The van der Waals surface area contributed by atoms with Gasteiger partial charge in [-0.15, -0.1) is 0 Å². The minimum atomic E-state index is -1.14. The zero-order chi connectivity index (χ0) is 16.3. The molecule has 8 heteroatoms. The molecule has 3 atom stereocenters. The lowest BCUT2D eigenvalue weighted by Crippen LogP contribution is -2.25. The third-order valence-electron chi connectivity index (χ3n) is 2.24. The molecular weight excluding hydrogens is 284 g/mol. The maximum absolute atomic E-state index is 10.9. The van der Waals surface area contributed by atoms with Crippen molar-refractivity contribution >= 4 is 11.9 Å². The summed E-state index contributed by atoms with van der Waals surface area (Å²) in [6.45, 7) is 5.22. The minimum absolute atomic E-state index is 0.0556. The summed E-state index contributed by atoms with van der Waals surface area (Å²) in [5, 5.41) is 17.8. The largest absolute Gasteiger partial charge is 0.461 e. The van der Waals surface area contributed by atoms with Gasteiger partial charge in [-0.2, -0.15) is 0 Å². The highest BCUT2D eigenvalue weighted by atomic mass is 16.6. The van der Waals surface area contributed by atoms with Crippen LogP contribution in [0.1, 0.15) is 20.8 Å². The summed E-state index contributed by atoms with van der Waals surface area (Å²) in [5.74, 6) is -1.38. The van der Waals surface area contributed by atoms with Crippen molar-refractivity contribution in [2.75, 3.05) is 33.0 Å². The van der Waals surface area contributed by atoms with Crippen LogP contribution in [0.4, 0.5) is 0 Å². The summed E-state index contributed by atoms with van der Waals surface area (Å²) in [6.07, 6.45) is -2.51. The molecule has 0 aliphatic heterocycles. The molecule has 0 aromatic rings. The fourth-order valence-electron chi connectivity index (χ4n) is 1.13. The number of hydrogen-bond acceptors (Lipinski definition) is 8. The molecule has 0 spiro atoms. The lowest BCUT2D eigenvalue weighted by Gasteiger charge is -2.14. The van der Waals surface area contributed by atoms with Crippen LogP contribution >= 0.6 is 0 Å². The maximum atomic E-state index is 10.9. The van der Waals surface area contributed by atoms with E-state index in [9.17, 15) is 9.59 Å². The van der Waals surface area contributed by atoms with Crippen molar-refractivity contribution in [3.63, 3.8) is 0 Å². The smallest absolute Gasteiger partial charge is 0.334 e. The summed E-state index contributed by atoms with van der Waals surface area (Å²) >= 11 is 0. The molecule has 0 amide bonds. The van der Waals surface area contributed by atoms with Crippen LogP contribution in [0, 0.1) is 0 Å². The first kappa shape index (κ1) is 19.8. The Labute approximate surface area is 123 Å². The average Bonchev–Trinajstić information content (AvgIpc) is 2.42. The minimum Gasteiger partial charge on any atom is -0.461 e. The van der Waals surface area contributed by atoms with Gasteiger partial charge in [-0.25, -0.2) is 9.59 Å². The number of rotatable bonds is 11. The van der Waals surface area contributed by atoms with E-state index < -0.39 is 24.1 Å². The van der Waals surface area contributed by atoms with Gasteiger partial charge in [-0.1, -0.05) is 0 Å². The van der Waals surface area contributed by atoms with Crippen LogP contribution in [0.15, 0.2) is 0 Å². The molecule has 0 aliphatic rings. The quantitative estimate of drug-likeness (QED) is 0.379. The molecule has 0 rings (SSSR count). The summed E-state index contributed by atoms with van der Waals surface area (Å²) in [7, 11) is 0. The molecule has 0 saturated carbocycles. The Bertz CT molecular complexity index is 303. The van der Waals surface area contributed by atoms with E-state index >= 15 is 0 Å². The second-order valence-corrected chi connectivity index (χ2v) is 4.44. The highest BCUT2D eigenvalue weighted by Crippen LogP contribution is 1.94. The number of hydrogen-bond donors (Lipinski definition) is 2. The Hall–Kier alpha value is -1.22. The Morgan fingerprint density at radius 3 is 1.81 bits per heavy atom. The number of aliphatic hydroxyl groups excluding tert-OH is 2. The predicted octanol–water partition coefficient (Wildman–Crippen LogP) is -0.744. The molecule has 0 radical (unpaired) electrons. The van der Waals surface area contributed by atoms with Gasteiger partial charge in [0.05, 0.1) is 25.9 Å². The molecule has 0 fully saturated rings. The highest BCUT2D eigenvalue weighted by molar-refractivity contribution is 5.74. The van der Waals surface area contributed by atoms with Gasteiger partial charge in [0.1, 0.15) is 25.4 Å². The molecule has 124 valence electrons. The van der Waals surface area contributed by atoms with Crippen molar-refractivity contribution in [1.29, 1.82) is 0 Å².